The van der Waals surface area contributed by atoms with Gasteiger partial charge in [-0.05, 0) is 31.4 Å². The quantitative estimate of drug-likeness (QED) is 0.847. The zero-order valence-corrected chi connectivity index (χ0v) is 11.0. The first kappa shape index (κ1) is 16.1. The van der Waals surface area contributed by atoms with Gasteiger partial charge in [-0.1, -0.05) is 0 Å². The summed E-state index contributed by atoms with van der Waals surface area (Å²) in [4.78, 5) is 3.72. The van der Waals surface area contributed by atoms with Crippen LogP contribution in [0, 0.1) is 0 Å². The fourth-order valence-electron chi connectivity index (χ4n) is 2.39. The molecule has 1 N–H and O–H groups in total. The monoisotopic (exact) mass is 310 g/mol. The molecular weight excluding hydrogens is 295 g/mol. The topological polar surface area (TPSA) is 34.1 Å². The van der Waals surface area contributed by atoms with Gasteiger partial charge in [0.1, 0.15) is 0 Å². The molecule has 1 aliphatic rings. The lowest BCUT2D eigenvalue weighted by molar-refractivity contribution is -0.165. The number of ether oxygens (including phenoxy) is 1. The largest absolute Gasteiger partial charge is 0.417 e. The average molecular weight is 310 g/mol. The second-order valence-corrected chi connectivity index (χ2v) is 4.89. The molecule has 0 bridgehead atoms. The summed E-state index contributed by atoms with van der Waals surface area (Å²) in [5.41, 5.74) is -0.392. The molecule has 0 amide bonds. The molecule has 2 atom stereocenters. The van der Waals surface area contributed by atoms with Crippen LogP contribution in [0.25, 0.3) is 0 Å². The van der Waals surface area contributed by atoms with Crippen LogP contribution in [0.4, 0.5) is 22.0 Å². The second-order valence-electron chi connectivity index (χ2n) is 4.89. The van der Waals surface area contributed by atoms with Gasteiger partial charge in [0.2, 0.25) is 0 Å². The number of nitrogens with zero attached hydrogens (tertiary/aromatic N) is 1. The molecule has 21 heavy (non-hydrogen) atoms. The van der Waals surface area contributed by atoms with Crippen LogP contribution >= 0.6 is 0 Å². The average Bonchev–Trinajstić information content (AvgIpc) is 2.82. The van der Waals surface area contributed by atoms with Gasteiger partial charge in [-0.25, -0.2) is 0 Å². The third-order valence-corrected chi connectivity index (χ3v) is 3.43. The Kier molecular flexibility index (Phi) is 5.10. The van der Waals surface area contributed by atoms with E-state index in [9.17, 15) is 22.0 Å². The van der Waals surface area contributed by atoms with Crippen LogP contribution in [0.5, 0.6) is 0 Å². The van der Waals surface area contributed by atoms with Crippen LogP contribution in [0.3, 0.4) is 0 Å². The Morgan fingerprint density at radius 2 is 2.05 bits per heavy atom. The number of hydrogen-bond acceptors (Lipinski definition) is 3. The summed E-state index contributed by atoms with van der Waals surface area (Å²) in [5.74, 6) is 0. The minimum absolute atomic E-state index is 0.214. The van der Waals surface area contributed by atoms with E-state index in [1.807, 2.05) is 0 Å². The summed E-state index contributed by atoms with van der Waals surface area (Å²) in [5, 5.41) is 3.01. The number of hydrogen-bond donors (Lipinski definition) is 1. The van der Waals surface area contributed by atoms with Gasteiger partial charge in [0.15, 0.2) is 0 Å². The first-order valence-corrected chi connectivity index (χ1v) is 6.55. The molecule has 0 aromatic carbocycles. The van der Waals surface area contributed by atoms with Gasteiger partial charge < -0.3 is 10.1 Å². The fourth-order valence-corrected chi connectivity index (χ4v) is 2.39. The summed E-state index contributed by atoms with van der Waals surface area (Å²) < 4.78 is 66.1. The normalized spacial score (nSPS) is 23.0. The first-order chi connectivity index (χ1) is 9.86. The van der Waals surface area contributed by atoms with E-state index in [1.165, 1.54) is 6.07 Å². The lowest BCUT2D eigenvalue weighted by Gasteiger charge is -2.20. The van der Waals surface area contributed by atoms with Crippen LogP contribution in [-0.4, -0.2) is 23.7 Å². The number of halogens is 5. The molecule has 0 aliphatic heterocycles. The van der Waals surface area contributed by atoms with Crippen molar-refractivity contribution in [3.05, 3.63) is 29.6 Å². The first-order valence-electron chi connectivity index (χ1n) is 6.55. The van der Waals surface area contributed by atoms with Crippen molar-refractivity contribution in [2.45, 2.75) is 50.7 Å². The Morgan fingerprint density at radius 1 is 1.29 bits per heavy atom. The predicted octanol–water partition coefficient (Wildman–Crippen LogP) is 3.35. The van der Waals surface area contributed by atoms with Gasteiger partial charge >= 0.3 is 12.8 Å². The molecule has 1 aromatic rings. The molecule has 1 heterocycles. The molecule has 8 heteroatoms. The molecule has 0 unspecified atom stereocenters. The van der Waals surface area contributed by atoms with Crippen LogP contribution < -0.4 is 5.32 Å². The molecule has 118 valence electrons. The van der Waals surface area contributed by atoms with Gasteiger partial charge in [0.25, 0.3) is 0 Å². The van der Waals surface area contributed by atoms with Gasteiger partial charge in [0.05, 0.1) is 17.4 Å². The Bertz CT molecular complexity index is 449. The standard InChI is InChI=1S/C13H15F5N2O/c14-12(15)21-11-3-1-2-10(11)20-7-9-5-4-8(6-19-9)13(16,17)18/h4-6,10-12,20H,1-3,7H2/t10-,11-/m1/s1. The van der Waals surface area contributed by atoms with Crippen molar-refractivity contribution in [3.8, 4) is 0 Å². The lowest BCUT2D eigenvalue weighted by atomic mass is 10.2. The molecular formula is C13H15F5N2O. The SMILES string of the molecule is FC(F)O[C@@H]1CCC[C@H]1NCc1ccc(C(F)(F)F)cn1. The van der Waals surface area contributed by atoms with E-state index in [1.54, 1.807) is 0 Å². The maximum atomic E-state index is 12.4. The molecule has 1 saturated carbocycles. The fraction of sp³-hybridized carbons (Fsp3) is 0.615. The summed E-state index contributed by atoms with van der Waals surface area (Å²) in [6.07, 6.45) is -2.21. The Balaban J connectivity index is 1.88. The van der Waals surface area contributed by atoms with Crippen LogP contribution in [-0.2, 0) is 17.5 Å². The van der Waals surface area contributed by atoms with E-state index >= 15 is 0 Å². The van der Waals surface area contributed by atoms with Crippen molar-refractivity contribution >= 4 is 0 Å². The zero-order valence-electron chi connectivity index (χ0n) is 11.0. The van der Waals surface area contributed by atoms with Gasteiger partial charge in [-0.2, -0.15) is 22.0 Å². The van der Waals surface area contributed by atoms with E-state index in [0.717, 1.165) is 18.7 Å². The summed E-state index contributed by atoms with van der Waals surface area (Å²) in [7, 11) is 0. The number of alkyl halides is 5. The predicted molar refractivity (Wildman–Crippen MR) is 64.6 cm³/mol. The number of pyridine rings is 1. The number of aromatic nitrogens is 1. The van der Waals surface area contributed by atoms with E-state index in [4.69, 9.17) is 0 Å². The van der Waals surface area contributed by atoms with Crippen LogP contribution in [0.1, 0.15) is 30.5 Å². The third kappa shape index (κ3) is 4.60. The summed E-state index contributed by atoms with van der Waals surface area (Å²) in [6.45, 7) is -2.60. The molecule has 1 aliphatic carbocycles. The molecule has 1 fully saturated rings. The third-order valence-electron chi connectivity index (χ3n) is 3.43. The highest BCUT2D eigenvalue weighted by Gasteiger charge is 2.31. The molecule has 1 aromatic heterocycles. The zero-order chi connectivity index (χ0) is 15.5. The Hall–Kier alpha value is -1.28. The lowest BCUT2D eigenvalue weighted by Crippen LogP contribution is -2.37. The Labute approximate surface area is 118 Å². The molecule has 0 saturated heterocycles. The number of rotatable bonds is 5. The minimum Gasteiger partial charge on any atom is -0.318 e. The maximum Gasteiger partial charge on any atom is 0.417 e. The molecule has 0 spiro atoms. The minimum atomic E-state index is -4.42. The number of nitrogens with one attached hydrogen (secondary N) is 1. The van der Waals surface area contributed by atoms with Crippen molar-refractivity contribution in [1.29, 1.82) is 0 Å². The van der Waals surface area contributed by atoms with Gasteiger partial charge in [-0.15, -0.1) is 0 Å². The highest BCUT2D eigenvalue weighted by Crippen LogP contribution is 2.28. The highest BCUT2D eigenvalue weighted by atomic mass is 19.4. The van der Waals surface area contributed by atoms with Crippen molar-refractivity contribution in [2.75, 3.05) is 0 Å². The van der Waals surface area contributed by atoms with E-state index in [0.29, 0.717) is 18.5 Å². The highest BCUT2D eigenvalue weighted by molar-refractivity contribution is 5.16. The van der Waals surface area contributed by atoms with Crippen LogP contribution in [0.2, 0.25) is 0 Å². The van der Waals surface area contributed by atoms with Crippen molar-refractivity contribution in [1.82, 2.24) is 10.3 Å². The Morgan fingerprint density at radius 3 is 2.62 bits per heavy atom. The second kappa shape index (κ2) is 6.65. The van der Waals surface area contributed by atoms with E-state index in [2.05, 4.69) is 15.0 Å². The van der Waals surface area contributed by atoms with E-state index in [-0.39, 0.29) is 12.6 Å². The molecule has 0 radical (unpaired) electrons. The summed E-state index contributed by atoms with van der Waals surface area (Å²) in [6, 6.07) is 1.99. The summed E-state index contributed by atoms with van der Waals surface area (Å²) >= 11 is 0. The van der Waals surface area contributed by atoms with Crippen molar-refractivity contribution in [3.63, 3.8) is 0 Å². The van der Waals surface area contributed by atoms with Crippen LogP contribution in [0.15, 0.2) is 18.3 Å². The van der Waals surface area contributed by atoms with Crippen molar-refractivity contribution in [2.24, 2.45) is 0 Å². The van der Waals surface area contributed by atoms with Gasteiger partial charge in [0, 0.05) is 18.8 Å². The molecule has 3 nitrogen and oxygen atoms in total. The maximum absolute atomic E-state index is 12.4. The smallest absolute Gasteiger partial charge is 0.318 e. The van der Waals surface area contributed by atoms with E-state index < -0.39 is 24.5 Å². The molecule has 2 rings (SSSR count). The van der Waals surface area contributed by atoms with Gasteiger partial charge in [-0.3, -0.25) is 4.98 Å². The van der Waals surface area contributed by atoms with Crippen molar-refractivity contribution < 1.29 is 26.7 Å².